The third-order valence-electron chi connectivity index (χ3n) is 9.90. The quantitative estimate of drug-likeness (QED) is 0.220. The first-order chi connectivity index (χ1) is 22.8. The lowest BCUT2D eigenvalue weighted by Gasteiger charge is -2.49. The Labute approximate surface area is 269 Å². The van der Waals surface area contributed by atoms with Gasteiger partial charge in [0, 0.05) is 5.92 Å². The van der Waals surface area contributed by atoms with Gasteiger partial charge >= 0.3 is 11.4 Å². The lowest BCUT2D eigenvalue weighted by Crippen LogP contribution is -2.53. The number of para-hydroxylation sites is 1. The monoisotopic (exact) mass is 625 g/mol. The zero-order valence-corrected chi connectivity index (χ0v) is 25.5. The van der Waals surface area contributed by atoms with Crippen LogP contribution in [0.2, 0.25) is 0 Å². The molecule has 2 aliphatic heterocycles. The second-order valence-electron chi connectivity index (χ2n) is 12.4. The molecule has 0 radical (unpaired) electrons. The SMILES string of the molecule is Cc1ccc(NN2C(=O)C3CC4C(=CCn5c(=O)n(-c6ccccc6)c(=O)n54)C(c4ccc(O)cc4)C3(c3ccccc3)C2=O)cc1. The van der Waals surface area contributed by atoms with Crippen molar-refractivity contribution in [2.24, 2.45) is 5.92 Å². The molecule has 4 aromatic carbocycles. The number of aryl methyl sites for hydroxylation is 1. The molecule has 0 spiro atoms. The summed E-state index contributed by atoms with van der Waals surface area (Å²) in [5.74, 6) is -2.37. The predicted molar refractivity (Wildman–Crippen MR) is 175 cm³/mol. The first kappa shape index (κ1) is 28.6. The van der Waals surface area contributed by atoms with Crippen LogP contribution in [-0.4, -0.2) is 35.9 Å². The normalized spacial score (nSPS) is 23.1. The fourth-order valence-corrected chi connectivity index (χ4v) is 7.85. The van der Waals surface area contributed by atoms with Gasteiger partial charge in [-0.1, -0.05) is 84.4 Å². The zero-order chi connectivity index (χ0) is 32.4. The molecule has 4 unspecified atom stereocenters. The van der Waals surface area contributed by atoms with Crippen molar-refractivity contribution in [3.8, 4) is 11.4 Å². The van der Waals surface area contributed by atoms with Gasteiger partial charge in [-0.05, 0) is 66.4 Å². The van der Waals surface area contributed by atoms with Crippen LogP contribution in [0.5, 0.6) is 5.75 Å². The molecule has 3 heterocycles. The number of aromatic hydroxyl groups is 1. The summed E-state index contributed by atoms with van der Waals surface area (Å²) >= 11 is 0. The first-order valence-electron chi connectivity index (χ1n) is 15.6. The van der Waals surface area contributed by atoms with E-state index < -0.39 is 46.5 Å². The summed E-state index contributed by atoms with van der Waals surface area (Å²) in [5.41, 5.74) is 4.93. The molecule has 1 saturated heterocycles. The number of phenolic OH excluding ortho intramolecular Hbond substituents is 1. The van der Waals surface area contributed by atoms with Crippen LogP contribution in [0.4, 0.5) is 5.69 Å². The number of amides is 2. The average molecular weight is 626 g/mol. The van der Waals surface area contributed by atoms with Crippen molar-refractivity contribution in [3.63, 3.8) is 0 Å². The standard InChI is InChI=1S/C37H31N5O5/c1-23-12-16-26(17-13-23)38-41-33(44)30-22-31-29(20-21-39-35(46)40(36(47)42(31)39)27-10-6-3-7-11-27)32(24-14-18-28(43)19-15-24)37(30,34(41)45)25-8-4-2-5-9-25/h2-20,30-32,38,43H,21-22H2,1H3. The Kier molecular flexibility index (Phi) is 6.43. The van der Waals surface area contributed by atoms with Crippen molar-refractivity contribution in [3.05, 3.63) is 159 Å². The maximum absolute atomic E-state index is 15.1. The van der Waals surface area contributed by atoms with Crippen LogP contribution in [0, 0.1) is 12.8 Å². The van der Waals surface area contributed by atoms with E-state index in [4.69, 9.17) is 0 Å². The van der Waals surface area contributed by atoms with Gasteiger partial charge in [0.2, 0.25) is 0 Å². The zero-order valence-electron chi connectivity index (χ0n) is 25.5. The maximum atomic E-state index is 15.1. The van der Waals surface area contributed by atoms with Crippen molar-refractivity contribution in [2.75, 3.05) is 5.43 Å². The van der Waals surface area contributed by atoms with Crippen molar-refractivity contribution < 1.29 is 14.7 Å². The summed E-state index contributed by atoms with van der Waals surface area (Å²) in [5, 5.41) is 11.4. The van der Waals surface area contributed by atoms with Gasteiger partial charge in [-0.15, -0.1) is 0 Å². The topological polar surface area (TPSA) is 119 Å². The number of aromatic nitrogens is 3. The molecule has 10 nitrogen and oxygen atoms in total. The Hall–Kier alpha value is -5.90. The summed E-state index contributed by atoms with van der Waals surface area (Å²) in [7, 11) is 0. The van der Waals surface area contributed by atoms with Gasteiger partial charge in [0.1, 0.15) is 5.75 Å². The number of hydrazine groups is 1. The number of carbonyl (C=O) groups excluding carboxylic acids is 2. The van der Waals surface area contributed by atoms with Crippen LogP contribution in [0.1, 0.15) is 35.1 Å². The lowest BCUT2D eigenvalue weighted by molar-refractivity contribution is -0.138. The highest BCUT2D eigenvalue weighted by atomic mass is 16.3. The molecule has 2 N–H and O–H groups in total. The van der Waals surface area contributed by atoms with Gasteiger partial charge < -0.3 is 5.11 Å². The highest BCUT2D eigenvalue weighted by molar-refractivity contribution is 6.12. The van der Waals surface area contributed by atoms with E-state index in [1.165, 1.54) is 9.36 Å². The third-order valence-corrected chi connectivity index (χ3v) is 9.90. The number of carbonyl (C=O) groups is 2. The number of nitrogens with one attached hydrogen (secondary N) is 1. The smallest absolute Gasteiger partial charge is 0.352 e. The van der Waals surface area contributed by atoms with Gasteiger partial charge in [-0.25, -0.2) is 23.5 Å². The second-order valence-corrected chi connectivity index (χ2v) is 12.4. The summed E-state index contributed by atoms with van der Waals surface area (Å²) in [6, 6.07) is 31.5. The molecular formula is C37H31N5O5. The number of benzene rings is 4. The molecule has 0 bridgehead atoms. The Morgan fingerprint density at radius 2 is 1.45 bits per heavy atom. The van der Waals surface area contributed by atoms with Crippen LogP contribution in [-0.2, 0) is 21.5 Å². The fraction of sp³-hybridized carbons (Fsp3) is 0.189. The summed E-state index contributed by atoms with van der Waals surface area (Å²) in [6.45, 7) is 2.07. The number of imide groups is 1. The van der Waals surface area contributed by atoms with E-state index in [1.54, 1.807) is 48.5 Å². The Bertz CT molecular complexity index is 2180. The van der Waals surface area contributed by atoms with E-state index >= 15 is 4.79 Å². The van der Waals surface area contributed by atoms with Gasteiger partial charge in [-0.3, -0.25) is 15.0 Å². The molecule has 2 fully saturated rings. The summed E-state index contributed by atoms with van der Waals surface area (Å²) in [4.78, 5) is 57.6. The van der Waals surface area contributed by atoms with Crippen LogP contribution in [0.3, 0.4) is 0 Å². The van der Waals surface area contributed by atoms with E-state index in [1.807, 2.05) is 73.7 Å². The first-order valence-corrected chi connectivity index (χ1v) is 15.6. The Morgan fingerprint density at radius 1 is 0.787 bits per heavy atom. The van der Waals surface area contributed by atoms with Gasteiger partial charge in [0.15, 0.2) is 0 Å². The fourth-order valence-electron chi connectivity index (χ4n) is 7.85. The molecule has 1 aromatic heterocycles. The molecule has 234 valence electrons. The predicted octanol–water partition coefficient (Wildman–Crippen LogP) is 4.43. The molecule has 5 aromatic rings. The number of anilines is 1. The van der Waals surface area contributed by atoms with Gasteiger partial charge in [0.25, 0.3) is 11.8 Å². The molecule has 8 rings (SSSR count). The van der Waals surface area contributed by atoms with Crippen LogP contribution in [0.15, 0.2) is 130 Å². The molecule has 2 amide bonds. The number of hydrogen-bond donors (Lipinski definition) is 2. The van der Waals surface area contributed by atoms with Crippen LogP contribution >= 0.6 is 0 Å². The van der Waals surface area contributed by atoms with Crippen molar-refractivity contribution in [1.82, 2.24) is 18.9 Å². The molecular weight excluding hydrogens is 594 g/mol. The number of nitrogens with zero attached hydrogens (tertiary/aromatic N) is 4. The maximum Gasteiger partial charge on any atom is 0.352 e. The van der Waals surface area contributed by atoms with E-state index in [0.717, 1.165) is 20.7 Å². The van der Waals surface area contributed by atoms with E-state index in [0.29, 0.717) is 22.5 Å². The minimum atomic E-state index is -1.39. The lowest BCUT2D eigenvalue weighted by atomic mass is 9.53. The van der Waals surface area contributed by atoms with Crippen molar-refractivity contribution >= 4 is 17.5 Å². The van der Waals surface area contributed by atoms with Crippen molar-refractivity contribution in [1.29, 1.82) is 0 Å². The highest BCUT2D eigenvalue weighted by Crippen LogP contribution is 2.61. The number of phenols is 1. The molecule has 47 heavy (non-hydrogen) atoms. The van der Waals surface area contributed by atoms with E-state index in [9.17, 15) is 19.5 Å². The highest BCUT2D eigenvalue weighted by Gasteiger charge is 2.68. The molecule has 1 saturated carbocycles. The molecule has 1 aliphatic carbocycles. The Morgan fingerprint density at radius 3 is 2.13 bits per heavy atom. The summed E-state index contributed by atoms with van der Waals surface area (Å²) < 4.78 is 4.02. The largest absolute Gasteiger partial charge is 0.508 e. The van der Waals surface area contributed by atoms with Crippen LogP contribution < -0.4 is 16.8 Å². The number of fused-ring (bicyclic) bond motifs is 4. The van der Waals surface area contributed by atoms with Gasteiger partial charge in [0.05, 0.1) is 35.3 Å². The average Bonchev–Trinajstić information content (AvgIpc) is 3.48. The van der Waals surface area contributed by atoms with Crippen LogP contribution in [0.25, 0.3) is 5.69 Å². The minimum Gasteiger partial charge on any atom is -0.508 e. The Balaban J connectivity index is 1.36. The second kappa shape index (κ2) is 10.6. The molecule has 4 atom stereocenters. The number of hydrogen-bond acceptors (Lipinski definition) is 6. The minimum absolute atomic E-state index is 0.0607. The van der Waals surface area contributed by atoms with Crippen molar-refractivity contribution in [2.45, 2.75) is 37.3 Å². The summed E-state index contributed by atoms with van der Waals surface area (Å²) in [6.07, 6.45) is 2.04. The van der Waals surface area contributed by atoms with E-state index in [2.05, 4.69) is 5.43 Å². The number of rotatable bonds is 5. The third kappa shape index (κ3) is 4.10. The molecule has 10 heteroatoms. The van der Waals surface area contributed by atoms with E-state index in [-0.39, 0.29) is 18.7 Å². The number of allylic oxidation sites excluding steroid dienone is 2. The molecule has 3 aliphatic rings. The van der Waals surface area contributed by atoms with Gasteiger partial charge in [-0.2, -0.15) is 5.01 Å².